The summed E-state index contributed by atoms with van der Waals surface area (Å²) < 4.78 is 10.3. The molecule has 0 fully saturated rings. The second-order valence-corrected chi connectivity index (χ2v) is 6.87. The molecular formula is C20H30O4S. The molecule has 0 saturated carbocycles. The minimum absolute atomic E-state index is 0.0418. The molecule has 0 unspecified atom stereocenters. The fourth-order valence-corrected chi connectivity index (χ4v) is 2.76. The first-order valence-electron chi connectivity index (χ1n) is 9.16. The lowest BCUT2D eigenvalue weighted by molar-refractivity contribution is -0.147. The molecular weight excluding hydrogens is 336 g/mol. The summed E-state index contributed by atoms with van der Waals surface area (Å²) in [4.78, 5) is 24.5. The van der Waals surface area contributed by atoms with Crippen LogP contribution in [0.25, 0.3) is 0 Å². The van der Waals surface area contributed by atoms with E-state index < -0.39 is 5.97 Å². The van der Waals surface area contributed by atoms with Crippen molar-refractivity contribution in [3.8, 4) is 5.75 Å². The van der Waals surface area contributed by atoms with Gasteiger partial charge in [0.15, 0.2) is 0 Å². The highest BCUT2D eigenvalue weighted by Gasteiger charge is 2.10. The highest BCUT2D eigenvalue weighted by Crippen LogP contribution is 2.19. The Hall–Kier alpha value is -1.49. The zero-order chi connectivity index (χ0) is 18.3. The third kappa shape index (κ3) is 10.9. The fraction of sp³-hybridized carbons (Fsp3) is 0.600. The van der Waals surface area contributed by atoms with Crippen LogP contribution in [0.2, 0.25) is 0 Å². The molecule has 0 aliphatic rings. The summed E-state index contributed by atoms with van der Waals surface area (Å²) in [7, 11) is 0. The van der Waals surface area contributed by atoms with Gasteiger partial charge in [-0.1, -0.05) is 45.4 Å². The van der Waals surface area contributed by atoms with E-state index in [1.807, 2.05) is 18.4 Å². The van der Waals surface area contributed by atoms with Crippen molar-refractivity contribution in [3.63, 3.8) is 0 Å². The van der Waals surface area contributed by atoms with Gasteiger partial charge < -0.3 is 9.47 Å². The Morgan fingerprint density at radius 2 is 1.48 bits per heavy atom. The number of carbonyl (C=O) groups excluding carboxylic acids is 2. The largest absolute Gasteiger partial charge is 0.466 e. The van der Waals surface area contributed by atoms with Gasteiger partial charge in [-0.25, -0.2) is 0 Å². The Bertz CT molecular complexity index is 499. The van der Waals surface area contributed by atoms with Crippen molar-refractivity contribution in [2.24, 2.45) is 0 Å². The second-order valence-electron chi connectivity index (χ2n) is 5.99. The summed E-state index contributed by atoms with van der Waals surface area (Å²) >= 11 is 1.62. The van der Waals surface area contributed by atoms with Crippen LogP contribution >= 0.6 is 11.8 Å². The Morgan fingerprint density at radius 3 is 2.12 bits per heavy atom. The summed E-state index contributed by atoms with van der Waals surface area (Å²) in [6.07, 6.45) is 10.4. The maximum absolute atomic E-state index is 11.7. The molecule has 4 nitrogen and oxygen atoms in total. The van der Waals surface area contributed by atoms with Crippen molar-refractivity contribution in [3.05, 3.63) is 24.3 Å². The van der Waals surface area contributed by atoms with Gasteiger partial charge in [0.2, 0.25) is 0 Å². The lowest BCUT2D eigenvalue weighted by atomic mass is 10.1. The molecule has 1 aromatic carbocycles. The van der Waals surface area contributed by atoms with Crippen molar-refractivity contribution < 1.29 is 19.1 Å². The number of hydrogen-bond donors (Lipinski definition) is 0. The van der Waals surface area contributed by atoms with Crippen molar-refractivity contribution in [2.45, 2.75) is 69.6 Å². The van der Waals surface area contributed by atoms with Crippen molar-refractivity contribution >= 4 is 23.7 Å². The number of unbranched alkanes of at least 4 members (excludes halogenated alkanes) is 6. The smallest absolute Gasteiger partial charge is 0.311 e. The van der Waals surface area contributed by atoms with Gasteiger partial charge in [-0.15, -0.1) is 11.8 Å². The summed E-state index contributed by atoms with van der Waals surface area (Å²) in [6, 6.07) is 7.29. The van der Waals surface area contributed by atoms with Gasteiger partial charge in [0.05, 0.1) is 19.4 Å². The van der Waals surface area contributed by atoms with Crippen molar-refractivity contribution in [1.29, 1.82) is 0 Å². The third-order valence-electron chi connectivity index (χ3n) is 3.84. The average molecular weight is 367 g/mol. The second kappa shape index (κ2) is 13.8. The maximum Gasteiger partial charge on any atom is 0.311 e. The van der Waals surface area contributed by atoms with Gasteiger partial charge in [0.25, 0.3) is 0 Å². The van der Waals surface area contributed by atoms with Crippen LogP contribution in [-0.2, 0) is 14.3 Å². The van der Waals surface area contributed by atoms with Gasteiger partial charge in [-0.3, -0.25) is 9.59 Å². The highest BCUT2D eigenvalue weighted by molar-refractivity contribution is 7.98. The minimum atomic E-state index is -0.412. The molecule has 0 aliphatic heterocycles. The third-order valence-corrected chi connectivity index (χ3v) is 4.58. The molecule has 0 atom stereocenters. The number of benzene rings is 1. The molecule has 0 aliphatic carbocycles. The normalized spacial score (nSPS) is 10.5. The number of hydrogen-bond acceptors (Lipinski definition) is 5. The Kier molecular flexibility index (Phi) is 11.9. The number of ether oxygens (including phenoxy) is 2. The molecule has 0 radical (unpaired) electrons. The Labute approximate surface area is 155 Å². The lowest BCUT2D eigenvalue weighted by Crippen LogP contribution is -2.12. The van der Waals surface area contributed by atoms with Crippen molar-refractivity contribution in [2.75, 3.05) is 12.9 Å². The van der Waals surface area contributed by atoms with Crippen LogP contribution in [0, 0.1) is 0 Å². The van der Waals surface area contributed by atoms with E-state index in [2.05, 4.69) is 6.92 Å². The van der Waals surface area contributed by atoms with Gasteiger partial charge in [0, 0.05) is 4.90 Å². The van der Waals surface area contributed by atoms with E-state index in [1.165, 1.54) is 32.1 Å². The summed E-state index contributed by atoms with van der Waals surface area (Å²) in [6.45, 7) is 2.65. The molecule has 1 rings (SSSR count). The van der Waals surface area contributed by atoms with E-state index in [1.54, 1.807) is 23.9 Å². The first-order valence-corrected chi connectivity index (χ1v) is 10.4. The predicted molar refractivity (Wildman–Crippen MR) is 102 cm³/mol. The average Bonchev–Trinajstić information content (AvgIpc) is 2.63. The van der Waals surface area contributed by atoms with Crippen molar-refractivity contribution in [1.82, 2.24) is 0 Å². The van der Waals surface area contributed by atoms with Crippen LogP contribution in [0.1, 0.15) is 64.7 Å². The first-order chi connectivity index (χ1) is 12.2. The molecule has 0 N–H and O–H groups in total. The molecule has 140 valence electrons. The lowest BCUT2D eigenvalue weighted by Gasteiger charge is -2.06. The number of rotatable bonds is 13. The number of carbonyl (C=O) groups is 2. The summed E-state index contributed by atoms with van der Waals surface area (Å²) in [5.41, 5.74) is 0. The molecule has 0 heterocycles. The van der Waals surface area contributed by atoms with Crippen LogP contribution in [0.5, 0.6) is 5.75 Å². The molecule has 0 spiro atoms. The van der Waals surface area contributed by atoms with E-state index in [4.69, 9.17) is 9.47 Å². The molecule has 0 amide bonds. The van der Waals surface area contributed by atoms with Gasteiger partial charge in [0.1, 0.15) is 5.75 Å². The SMILES string of the molecule is CCCCCCCCCOC(=O)CCC(=O)Oc1ccc(SC)cc1. The zero-order valence-electron chi connectivity index (χ0n) is 15.4. The monoisotopic (exact) mass is 366 g/mol. The van der Waals surface area contributed by atoms with Gasteiger partial charge in [-0.05, 0) is 36.9 Å². The standard InChI is InChI=1S/C20H30O4S/c1-3-4-5-6-7-8-9-16-23-19(21)14-15-20(22)24-17-10-12-18(25-2)13-11-17/h10-13H,3-9,14-16H2,1-2H3. The molecule has 25 heavy (non-hydrogen) atoms. The maximum atomic E-state index is 11.7. The first kappa shape index (κ1) is 21.6. The summed E-state index contributed by atoms with van der Waals surface area (Å²) in [5, 5.41) is 0. The fourth-order valence-electron chi connectivity index (χ4n) is 2.35. The Balaban J connectivity index is 2.05. The number of thioether (sulfide) groups is 1. The molecule has 0 bridgehead atoms. The summed E-state index contributed by atoms with van der Waals surface area (Å²) in [5.74, 6) is -0.246. The van der Waals surface area contributed by atoms with E-state index in [0.29, 0.717) is 12.4 Å². The van der Waals surface area contributed by atoms with Crippen LogP contribution in [0.15, 0.2) is 29.2 Å². The van der Waals surface area contributed by atoms with Crippen LogP contribution < -0.4 is 4.74 Å². The van der Waals surface area contributed by atoms with E-state index >= 15 is 0 Å². The van der Waals surface area contributed by atoms with Gasteiger partial charge in [-0.2, -0.15) is 0 Å². The van der Waals surface area contributed by atoms with E-state index in [0.717, 1.165) is 17.7 Å². The van der Waals surface area contributed by atoms with Gasteiger partial charge >= 0.3 is 11.9 Å². The molecule has 0 aromatic heterocycles. The molecule has 5 heteroatoms. The highest BCUT2D eigenvalue weighted by atomic mass is 32.2. The topological polar surface area (TPSA) is 52.6 Å². The van der Waals surface area contributed by atoms with Crippen LogP contribution in [0.4, 0.5) is 0 Å². The zero-order valence-corrected chi connectivity index (χ0v) is 16.2. The minimum Gasteiger partial charge on any atom is -0.466 e. The molecule has 1 aromatic rings. The quantitative estimate of drug-likeness (QED) is 0.203. The van der Waals surface area contributed by atoms with E-state index in [9.17, 15) is 9.59 Å². The Morgan fingerprint density at radius 1 is 0.880 bits per heavy atom. The molecule has 0 saturated heterocycles. The number of esters is 2. The van der Waals surface area contributed by atoms with Crippen LogP contribution in [0.3, 0.4) is 0 Å². The van der Waals surface area contributed by atoms with Crippen LogP contribution in [-0.4, -0.2) is 24.8 Å². The van der Waals surface area contributed by atoms with E-state index in [-0.39, 0.29) is 18.8 Å². The predicted octanol–water partition coefficient (Wildman–Crippen LogP) is 5.39.